The van der Waals surface area contributed by atoms with E-state index in [-0.39, 0.29) is 0 Å². The first-order chi connectivity index (χ1) is 8.50. The van der Waals surface area contributed by atoms with Crippen LogP contribution in [0, 0.1) is 0 Å². The van der Waals surface area contributed by atoms with Crippen molar-refractivity contribution in [1.82, 2.24) is 0 Å². The zero-order valence-electron chi connectivity index (χ0n) is 9.52. The number of carbonyl (C=O) groups is 4. The maximum atomic E-state index is 12.2. The Kier molecular flexibility index (Phi) is 8.80. The molecule has 110 valence electrons. The van der Waals surface area contributed by atoms with E-state index in [1.807, 2.05) is 0 Å². The average molecular weight is 283 g/mol. The molecule has 11 heteroatoms. The zero-order valence-corrected chi connectivity index (χ0v) is 9.52. The molecule has 0 aromatic heterocycles. The SMILES string of the molecule is NC(=O)C(F)[C@H](N)C(=O)O.N[C@@H](CC(=O)O)C(=O)O. The van der Waals surface area contributed by atoms with Crippen molar-refractivity contribution in [2.45, 2.75) is 24.7 Å². The highest BCUT2D eigenvalue weighted by atomic mass is 19.1. The summed E-state index contributed by atoms with van der Waals surface area (Å²) in [6, 6.07) is -3.15. The van der Waals surface area contributed by atoms with Gasteiger partial charge >= 0.3 is 17.9 Å². The van der Waals surface area contributed by atoms with Gasteiger partial charge in [-0.25, -0.2) is 4.39 Å². The number of carboxylic acid groups (broad SMARTS) is 3. The van der Waals surface area contributed by atoms with Crippen LogP contribution in [0.15, 0.2) is 0 Å². The Morgan fingerprint density at radius 1 is 1.00 bits per heavy atom. The number of hydrogen-bond acceptors (Lipinski definition) is 6. The molecule has 0 heterocycles. The van der Waals surface area contributed by atoms with Gasteiger partial charge in [0.15, 0.2) is 0 Å². The number of carbonyl (C=O) groups excluding carboxylic acids is 1. The monoisotopic (exact) mass is 283 g/mol. The Labute approximate surface area is 106 Å². The molecular formula is C8H14FN3O7. The Balaban J connectivity index is 0. The van der Waals surface area contributed by atoms with E-state index in [4.69, 9.17) is 21.1 Å². The molecule has 10 nitrogen and oxygen atoms in total. The molecule has 1 unspecified atom stereocenters. The average Bonchev–Trinajstić information content (AvgIpc) is 2.26. The topological polar surface area (TPSA) is 207 Å². The second-order valence-corrected chi connectivity index (χ2v) is 3.21. The van der Waals surface area contributed by atoms with Gasteiger partial charge in [0, 0.05) is 0 Å². The van der Waals surface area contributed by atoms with Gasteiger partial charge in [0.25, 0.3) is 5.91 Å². The minimum atomic E-state index is -2.32. The molecule has 0 rings (SSSR count). The largest absolute Gasteiger partial charge is 0.481 e. The summed E-state index contributed by atoms with van der Waals surface area (Å²) in [5.41, 5.74) is 13.9. The van der Waals surface area contributed by atoms with Crippen molar-refractivity contribution in [3.05, 3.63) is 0 Å². The normalized spacial score (nSPS) is 14.3. The zero-order chi connectivity index (χ0) is 15.7. The van der Waals surface area contributed by atoms with Crippen LogP contribution < -0.4 is 17.2 Å². The molecule has 0 aliphatic carbocycles. The first-order valence-corrected chi connectivity index (χ1v) is 4.62. The molecule has 0 spiro atoms. The summed E-state index contributed by atoms with van der Waals surface area (Å²) < 4.78 is 12.2. The summed E-state index contributed by atoms with van der Waals surface area (Å²) in [5.74, 6) is -5.46. The lowest BCUT2D eigenvalue weighted by atomic mass is 10.2. The first-order valence-electron chi connectivity index (χ1n) is 4.62. The molecular weight excluding hydrogens is 269 g/mol. The van der Waals surface area contributed by atoms with Crippen molar-refractivity contribution in [2.24, 2.45) is 17.2 Å². The maximum Gasteiger partial charge on any atom is 0.324 e. The fourth-order valence-electron chi connectivity index (χ4n) is 0.578. The summed E-state index contributed by atoms with van der Waals surface area (Å²) >= 11 is 0. The number of hydrogen-bond donors (Lipinski definition) is 6. The number of alkyl halides is 1. The van der Waals surface area contributed by atoms with Crippen LogP contribution in [0.5, 0.6) is 0 Å². The molecule has 1 amide bonds. The van der Waals surface area contributed by atoms with Gasteiger partial charge in [-0.15, -0.1) is 0 Å². The second kappa shape index (κ2) is 8.77. The van der Waals surface area contributed by atoms with Crippen LogP contribution in [0.2, 0.25) is 0 Å². The maximum absolute atomic E-state index is 12.2. The number of aliphatic carboxylic acids is 3. The Bertz CT molecular complexity index is 344. The van der Waals surface area contributed by atoms with Gasteiger partial charge in [0.05, 0.1) is 6.42 Å². The highest BCUT2D eigenvalue weighted by molar-refractivity contribution is 5.87. The lowest BCUT2D eigenvalue weighted by molar-refractivity contribution is -0.144. The van der Waals surface area contributed by atoms with Crippen LogP contribution >= 0.6 is 0 Å². The van der Waals surface area contributed by atoms with Crippen molar-refractivity contribution < 1.29 is 38.9 Å². The molecule has 3 atom stereocenters. The molecule has 0 fully saturated rings. The number of carboxylic acids is 3. The highest BCUT2D eigenvalue weighted by Gasteiger charge is 2.28. The molecule has 0 saturated carbocycles. The Hall–Kier alpha value is -2.27. The van der Waals surface area contributed by atoms with E-state index in [1.54, 1.807) is 0 Å². The molecule has 0 saturated heterocycles. The minimum absolute atomic E-state index is 0.532. The van der Waals surface area contributed by atoms with Gasteiger partial charge in [-0.1, -0.05) is 0 Å². The predicted molar refractivity (Wildman–Crippen MR) is 57.6 cm³/mol. The minimum Gasteiger partial charge on any atom is -0.481 e. The first kappa shape index (κ1) is 19.1. The van der Waals surface area contributed by atoms with Gasteiger partial charge < -0.3 is 32.5 Å². The van der Waals surface area contributed by atoms with Crippen LogP contribution in [0.25, 0.3) is 0 Å². The van der Waals surface area contributed by atoms with E-state index < -0.39 is 48.5 Å². The summed E-state index contributed by atoms with van der Waals surface area (Å²) in [4.78, 5) is 39.4. The lowest BCUT2D eigenvalue weighted by Gasteiger charge is -2.07. The number of nitrogens with two attached hydrogens (primary N) is 3. The number of halogens is 1. The fourth-order valence-corrected chi connectivity index (χ4v) is 0.578. The van der Waals surface area contributed by atoms with Crippen LogP contribution in [0.3, 0.4) is 0 Å². The van der Waals surface area contributed by atoms with E-state index in [9.17, 15) is 23.6 Å². The Morgan fingerprint density at radius 3 is 1.53 bits per heavy atom. The third-order valence-corrected chi connectivity index (χ3v) is 1.58. The van der Waals surface area contributed by atoms with Crippen molar-refractivity contribution in [2.75, 3.05) is 0 Å². The smallest absolute Gasteiger partial charge is 0.324 e. The quantitative estimate of drug-likeness (QED) is 0.295. The van der Waals surface area contributed by atoms with Gasteiger partial charge in [-0.05, 0) is 0 Å². The molecule has 0 aliphatic heterocycles. The third-order valence-electron chi connectivity index (χ3n) is 1.58. The van der Waals surface area contributed by atoms with Crippen LogP contribution in [-0.4, -0.2) is 57.4 Å². The summed E-state index contributed by atoms with van der Waals surface area (Å²) in [7, 11) is 0. The van der Waals surface area contributed by atoms with Gasteiger partial charge in [0.2, 0.25) is 6.17 Å². The number of rotatable bonds is 6. The lowest BCUT2D eigenvalue weighted by Crippen LogP contribution is -2.46. The standard InChI is InChI=1S/C4H7FN2O3.C4H7NO4/c5-1(3(7)8)2(6)4(9)10;5-2(4(8)9)1-3(6)7/h1-2H,6H2,(H2,7,8)(H,9,10);2H,1,5H2,(H,6,7)(H,8,9)/t1?,2-;2-/m00/s1. The van der Waals surface area contributed by atoms with E-state index in [0.717, 1.165) is 0 Å². The third kappa shape index (κ3) is 9.43. The highest BCUT2D eigenvalue weighted by Crippen LogP contribution is 1.94. The van der Waals surface area contributed by atoms with Crippen molar-refractivity contribution in [3.8, 4) is 0 Å². The predicted octanol–water partition coefficient (Wildman–Crippen LogP) is -2.91. The Morgan fingerprint density at radius 2 is 1.42 bits per heavy atom. The van der Waals surface area contributed by atoms with Gasteiger partial charge in [-0.3, -0.25) is 19.2 Å². The van der Waals surface area contributed by atoms with E-state index in [0.29, 0.717) is 0 Å². The van der Waals surface area contributed by atoms with E-state index in [1.165, 1.54) is 0 Å². The fraction of sp³-hybridized carbons (Fsp3) is 0.500. The van der Waals surface area contributed by atoms with Crippen molar-refractivity contribution >= 4 is 23.8 Å². The van der Waals surface area contributed by atoms with Crippen LogP contribution in [0.1, 0.15) is 6.42 Å². The molecule has 0 aromatic rings. The molecule has 0 aliphatic rings. The van der Waals surface area contributed by atoms with E-state index >= 15 is 0 Å². The molecule has 0 aromatic carbocycles. The van der Waals surface area contributed by atoms with Crippen LogP contribution in [-0.2, 0) is 19.2 Å². The number of primary amides is 1. The van der Waals surface area contributed by atoms with Gasteiger partial charge in [-0.2, -0.15) is 0 Å². The van der Waals surface area contributed by atoms with Crippen molar-refractivity contribution in [1.29, 1.82) is 0 Å². The summed E-state index contributed by atoms with van der Waals surface area (Å²) in [6.45, 7) is 0. The van der Waals surface area contributed by atoms with E-state index in [2.05, 4.69) is 11.5 Å². The molecule has 0 radical (unpaired) electrons. The molecule has 0 bridgehead atoms. The van der Waals surface area contributed by atoms with Gasteiger partial charge in [0.1, 0.15) is 12.1 Å². The van der Waals surface area contributed by atoms with Crippen LogP contribution in [0.4, 0.5) is 4.39 Å². The second-order valence-electron chi connectivity index (χ2n) is 3.21. The summed E-state index contributed by atoms with van der Waals surface area (Å²) in [6.07, 6.45) is -2.85. The summed E-state index contributed by atoms with van der Waals surface area (Å²) in [5, 5.41) is 24.1. The molecule has 19 heavy (non-hydrogen) atoms. The molecule has 9 N–H and O–H groups in total. The van der Waals surface area contributed by atoms with Crippen molar-refractivity contribution in [3.63, 3.8) is 0 Å². The number of amides is 1.